The SMILES string of the molecule is CC1(C)c2ccccc2C2C3CC(C(OC(=O)c4ccccc4)C3OC(=O)c3ccccc3)C21. The third-order valence-corrected chi connectivity index (χ3v) is 8.37. The predicted octanol–water partition coefficient (Wildman–Crippen LogP) is 5.78. The van der Waals surface area contributed by atoms with Crippen molar-refractivity contribution in [2.45, 2.75) is 43.8 Å². The van der Waals surface area contributed by atoms with Gasteiger partial charge in [-0.25, -0.2) is 9.59 Å². The van der Waals surface area contributed by atoms with Gasteiger partial charge in [0, 0.05) is 11.8 Å². The first-order valence-electron chi connectivity index (χ1n) is 12.1. The van der Waals surface area contributed by atoms with Crippen LogP contribution in [0.3, 0.4) is 0 Å². The lowest BCUT2D eigenvalue weighted by Gasteiger charge is -2.41. The summed E-state index contributed by atoms with van der Waals surface area (Å²) in [5.74, 6) is 0.189. The second-order valence-electron chi connectivity index (χ2n) is 10.4. The second kappa shape index (κ2) is 7.83. The molecule has 34 heavy (non-hydrogen) atoms. The van der Waals surface area contributed by atoms with E-state index < -0.39 is 12.2 Å². The van der Waals surface area contributed by atoms with Crippen LogP contribution in [-0.2, 0) is 14.9 Å². The number of esters is 2. The number of rotatable bonds is 4. The number of hydrogen-bond acceptors (Lipinski definition) is 4. The molecule has 2 bridgehead atoms. The number of carbonyl (C=O) groups excluding carboxylic acids is 2. The lowest BCUT2D eigenvalue weighted by Crippen LogP contribution is -2.47. The molecule has 0 aliphatic heterocycles. The summed E-state index contributed by atoms with van der Waals surface area (Å²) in [6.07, 6.45) is -0.0270. The number of benzene rings is 3. The van der Waals surface area contributed by atoms with Crippen molar-refractivity contribution in [3.8, 4) is 0 Å². The summed E-state index contributed by atoms with van der Waals surface area (Å²) >= 11 is 0. The molecule has 0 spiro atoms. The van der Waals surface area contributed by atoms with Gasteiger partial charge in [-0.3, -0.25) is 0 Å². The Morgan fingerprint density at radius 2 is 1.21 bits per heavy atom. The van der Waals surface area contributed by atoms with E-state index in [1.807, 2.05) is 36.4 Å². The van der Waals surface area contributed by atoms with Gasteiger partial charge in [-0.05, 0) is 59.1 Å². The van der Waals surface area contributed by atoms with Crippen LogP contribution in [0.5, 0.6) is 0 Å². The summed E-state index contributed by atoms with van der Waals surface area (Å²) in [6.45, 7) is 4.61. The van der Waals surface area contributed by atoms with Gasteiger partial charge in [-0.1, -0.05) is 74.5 Å². The maximum atomic E-state index is 13.1. The highest BCUT2D eigenvalue weighted by atomic mass is 16.6. The van der Waals surface area contributed by atoms with Gasteiger partial charge in [0.15, 0.2) is 0 Å². The molecule has 6 rings (SSSR count). The van der Waals surface area contributed by atoms with E-state index in [1.165, 1.54) is 11.1 Å². The first kappa shape index (κ1) is 21.2. The fourth-order valence-corrected chi connectivity index (χ4v) is 7.11. The van der Waals surface area contributed by atoms with Gasteiger partial charge in [0.1, 0.15) is 12.2 Å². The monoisotopic (exact) mass is 452 g/mol. The molecule has 3 aromatic carbocycles. The molecule has 4 heteroatoms. The average molecular weight is 453 g/mol. The molecule has 0 radical (unpaired) electrons. The Kier molecular flexibility index (Phi) is 4.87. The molecule has 6 atom stereocenters. The van der Waals surface area contributed by atoms with Crippen molar-refractivity contribution >= 4 is 11.9 Å². The molecular formula is C30H28O4. The van der Waals surface area contributed by atoms with Crippen LogP contribution in [0.25, 0.3) is 0 Å². The molecule has 2 fully saturated rings. The minimum absolute atomic E-state index is 0.0352. The third kappa shape index (κ3) is 3.12. The Labute approximate surface area is 199 Å². The maximum absolute atomic E-state index is 13.1. The summed E-state index contributed by atoms with van der Waals surface area (Å²) in [5.41, 5.74) is 3.72. The van der Waals surface area contributed by atoms with Gasteiger partial charge in [0.2, 0.25) is 0 Å². The molecule has 3 aromatic rings. The summed E-state index contributed by atoms with van der Waals surface area (Å²) in [6, 6.07) is 26.8. The van der Waals surface area contributed by atoms with E-state index in [-0.39, 0.29) is 29.2 Å². The average Bonchev–Trinajstić information content (AvgIpc) is 3.49. The van der Waals surface area contributed by atoms with E-state index in [0.717, 1.165) is 6.42 Å². The van der Waals surface area contributed by atoms with Crippen molar-refractivity contribution in [2.75, 3.05) is 0 Å². The minimum atomic E-state index is -0.464. The van der Waals surface area contributed by atoms with Crippen molar-refractivity contribution in [3.63, 3.8) is 0 Å². The lowest BCUT2D eigenvalue weighted by atomic mass is 9.67. The zero-order valence-corrected chi connectivity index (χ0v) is 19.4. The van der Waals surface area contributed by atoms with Crippen LogP contribution in [0, 0.1) is 17.8 Å². The van der Waals surface area contributed by atoms with Gasteiger partial charge in [0.25, 0.3) is 0 Å². The van der Waals surface area contributed by atoms with Crippen LogP contribution in [-0.4, -0.2) is 24.1 Å². The van der Waals surface area contributed by atoms with Crippen LogP contribution < -0.4 is 0 Å². The molecule has 6 unspecified atom stereocenters. The molecule has 0 heterocycles. The Morgan fingerprint density at radius 1 is 0.706 bits per heavy atom. The minimum Gasteiger partial charge on any atom is -0.455 e. The molecule has 3 aliphatic rings. The summed E-state index contributed by atoms with van der Waals surface area (Å²) in [7, 11) is 0. The predicted molar refractivity (Wildman–Crippen MR) is 129 cm³/mol. The Bertz CT molecular complexity index is 1230. The van der Waals surface area contributed by atoms with Gasteiger partial charge in [-0.2, -0.15) is 0 Å². The van der Waals surface area contributed by atoms with E-state index in [4.69, 9.17) is 9.47 Å². The summed E-state index contributed by atoms with van der Waals surface area (Å²) < 4.78 is 12.3. The summed E-state index contributed by atoms with van der Waals surface area (Å²) in [5, 5.41) is 0. The fourth-order valence-electron chi connectivity index (χ4n) is 7.11. The maximum Gasteiger partial charge on any atom is 0.338 e. The van der Waals surface area contributed by atoms with Crippen LogP contribution in [0.1, 0.15) is 58.0 Å². The van der Waals surface area contributed by atoms with Crippen molar-refractivity contribution in [2.24, 2.45) is 17.8 Å². The lowest BCUT2D eigenvalue weighted by molar-refractivity contribution is -0.0760. The first-order chi connectivity index (χ1) is 16.5. The normalized spacial score (nSPS) is 29.8. The molecule has 0 saturated heterocycles. The highest BCUT2D eigenvalue weighted by molar-refractivity contribution is 5.90. The van der Waals surface area contributed by atoms with Crippen molar-refractivity contribution < 1.29 is 19.1 Å². The second-order valence-corrected chi connectivity index (χ2v) is 10.4. The smallest absolute Gasteiger partial charge is 0.338 e. The van der Waals surface area contributed by atoms with E-state index in [2.05, 4.69) is 38.1 Å². The van der Waals surface area contributed by atoms with Crippen LogP contribution in [0.2, 0.25) is 0 Å². The Morgan fingerprint density at radius 3 is 1.79 bits per heavy atom. The van der Waals surface area contributed by atoms with Gasteiger partial charge in [-0.15, -0.1) is 0 Å². The van der Waals surface area contributed by atoms with Gasteiger partial charge < -0.3 is 9.47 Å². The number of fused-ring (bicyclic) bond motifs is 7. The topological polar surface area (TPSA) is 52.6 Å². The zero-order chi connectivity index (χ0) is 23.4. The number of ether oxygens (including phenoxy) is 2. The van der Waals surface area contributed by atoms with Crippen LogP contribution in [0.4, 0.5) is 0 Å². The fraction of sp³-hybridized carbons (Fsp3) is 0.333. The first-order valence-corrected chi connectivity index (χ1v) is 12.1. The molecule has 2 saturated carbocycles. The van der Waals surface area contributed by atoms with Crippen molar-refractivity contribution in [3.05, 3.63) is 107 Å². The van der Waals surface area contributed by atoms with Gasteiger partial charge in [0.05, 0.1) is 11.1 Å². The molecule has 4 nitrogen and oxygen atoms in total. The quantitative estimate of drug-likeness (QED) is 0.471. The Balaban J connectivity index is 1.36. The van der Waals surface area contributed by atoms with E-state index >= 15 is 0 Å². The van der Waals surface area contributed by atoms with Crippen LogP contribution >= 0.6 is 0 Å². The number of carbonyl (C=O) groups is 2. The zero-order valence-electron chi connectivity index (χ0n) is 19.4. The molecule has 0 aromatic heterocycles. The highest BCUT2D eigenvalue weighted by Gasteiger charge is 2.67. The van der Waals surface area contributed by atoms with Gasteiger partial charge >= 0.3 is 11.9 Å². The molecular weight excluding hydrogens is 424 g/mol. The van der Waals surface area contributed by atoms with E-state index in [1.54, 1.807) is 24.3 Å². The van der Waals surface area contributed by atoms with E-state index in [0.29, 0.717) is 23.0 Å². The van der Waals surface area contributed by atoms with Crippen LogP contribution in [0.15, 0.2) is 84.9 Å². The van der Waals surface area contributed by atoms with Crippen molar-refractivity contribution in [1.82, 2.24) is 0 Å². The molecule has 0 amide bonds. The highest BCUT2D eigenvalue weighted by Crippen LogP contribution is 2.68. The van der Waals surface area contributed by atoms with Crippen molar-refractivity contribution in [1.29, 1.82) is 0 Å². The largest absolute Gasteiger partial charge is 0.455 e. The third-order valence-electron chi connectivity index (χ3n) is 8.37. The summed E-state index contributed by atoms with van der Waals surface area (Å²) in [4.78, 5) is 26.2. The molecule has 0 N–H and O–H groups in total. The Hall–Kier alpha value is -3.40. The molecule has 172 valence electrons. The standard InChI is InChI=1S/C30H28O4/c1-30(2)23-16-10-9-15-20(23)24-21-17-22(25(24)30)27(34-29(32)19-13-7-4-8-14-19)26(21)33-28(31)18-11-5-3-6-12-18/h3-16,21-22,24-27H,17H2,1-2H3. The molecule has 3 aliphatic carbocycles. The van der Waals surface area contributed by atoms with E-state index in [9.17, 15) is 9.59 Å². The number of hydrogen-bond donors (Lipinski definition) is 0.